The van der Waals surface area contributed by atoms with Gasteiger partial charge in [-0.25, -0.2) is 0 Å². The second-order valence-corrected chi connectivity index (χ2v) is 7.03. The fourth-order valence-electron chi connectivity index (χ4n) is 3.71. The molecular weight excluding hydrogens is 242 g/mol. The summed E-state index contributed by atoms with van der Waals surface area (Å²) in [6.45, 7) is 9.15. The van der Waals surface area contributed by atoms with E-state index in [1.807, 2.05) is 0 Å². The van der Waals surface area contributed by atoms with Crippen molar-refractivity contribution < 1.29 is 0 Å². The van der Waals surface area contributed by atoms with E-state index in [-0.39, 0.29) is 0 Å². The van der Waals surface area contributed by atoms with Crippen LogP contribution in [0.25, 0.3) is 0 Å². The molecule has 112 valence electrons. The van der Waals surface area contributed by atoms with E-state index in [1.165, 1.54) is 44.1 Å². The van der Waals surface area contributed by atoms with Gasteiger partial charge in [0.15, 0.2) is 0 Å². The summed E-state index contributed by atoms with van der Waals surface area (Å²) in [5.74, 6) is 0.731. The van der Waals surface area contributed by atoms with E-state index in [4.69, 9.17) is 0 Å². The Balaban J connectivity index is 2.21. The third-order valence-corrected chi connectivity index (χ3v) is 4.79. The molecule has 0 bridgehead atoms. The minimum Gasteiger partial charge on any atom is -0.316 e. The highest BCUT2D eigenvalue weighted by atomic mass is 14.9. The molecule has 0 aromatic heterocycles. The molecule has 1 saturated carbocycles. The molecule has 1 fully saturated rings. The van der Waals surface area contributed by atoms with E-state index in [2.05, 4.69) is 50.4 Å². The van der Waals surface area contributed by atoms with E-state index < -0.39 is 0 Å². The lowest BCUT2D eigenvalue weighted by Gasteiger charge is -2.35. The van der Waals surface area contributed by atoms with E-state index in [9.17, 15) is 0 Å². The lowest BCUT2D eigenvalue weighted by atomic mass is 9.72. The van der Waals surface area contributed by atoms with Crippen molar-refractivity contribution in [2.24, 2.45) is 5.92 Å². The van der Waals surface area contributed by atoms with Gasteiger partial charge in [-0.2, -0.15) is 0 Å². The van der Waals surface area contributed by atoms with Crippen LogP contribution in [0.3, 0.4) is 0 Å². The smallest absolute Gasteiger partial charge is 0.00804 e. The van der Waals surface area contributed by atoms with Crippen LogP contribution in [0.1, 0.15) is 63.5 Å². The zero-order valence-corrected chi connectivity index (χ0v) is 13.5. The Morgan fingerprint density at radius 2 is 1.70 bits per heavy atom. The Hall–Kier alpha value is -0.820. The molecule has 20 heavy (non-hydrogen) atoms. The molecule has 1 nitrogen and oxygen atoms in total. The van der Waals surface area contributed by atoms with Gasteiger partial charge in [0.1, 0.15) is 0 Å². The summed E-state index contributed by atoms with van der Waals surface area (Å²) in [7, 11) is 0. The van der Waals surface area contributed by atoms with E-state index in [0.29, 0.717) is 5.41 Å². The summed E-state index contributed by atoms with van der Waals surface area (Å²) in [4.78, 5) is 0. The zero-order valence-electron chi connectivity index (χ0n) is 13.5. The lowest BCUT2D eigenvalue weighted by molar-refractivity contribution is 0.338. The van der Waals surface area contributed by atoms with Crippen molar-refractivity contribution >= 4 is 0 Å². The molecule has 0 radical (unpaired) electrons. The van der Waals surface area contributed by atoms with Crippen LogP contribution in [-0.2, 0) is 5.41 Å². The van der Waals surface area contributed by atoms with Crippen molar-refractivity contribution in [2.45, 2.75) is 64.7 Å². The molecule has 0 aliphatic heterocycles. The topological polar surface area (TPSA) is 12.0 Å². The van der Waals surface area contributed by atoms with Gasteiger partial charge >= 0.3 is 0 Å². The van der Waals surface area contributed by atoms with Gasteiger partial charge in [0, 0.05) is 12.0 Å². The molecule has 0 amide bonds. The Bertz CT molecular complexity index is 400. The van der Waals surface area contributed by atoms with Crippen LogP contribution in [0.5, 0.6) is 0 Å². The standard InChI is InChI=1S/C19H31N/c1-16(2)14-20-15-19(12-8-4-5-9-13-19)18-11-7-6-10-17(18)3/h6-7,10-11,16,20H,4-5,8-9,12-15H2,1-3H3. The van der Waals surface area contributed by atoms with E-state index >= 15 is 0 Å². The first-order chi connectivity index (χ1) is 9.64. The number of hydrogen-bond acceptors (Lipinski definition) is 1. The maximum absolute atomic E-state index is 3.75. The molecule has 0 unspecified atom stereocenters. The quantitative estimate of drug-likeness (QED) is 0.757. The summed E-state index contributed by atoms with van der Waals surface area (Å²) in [6.07, 6.45) is 8.30. The molecular formula is C19H31N. The molecule has 1 aromatic rings. The highest BCUT2D eigenvalue weighted by molar-refractivity contribution is 5.34. The lowest BCUT2D eigenvalue weighted by Crippen LogP contribution is -2.39. The van der Waals surface area contributed by atoms with Crippen LogP contribution < -0.4 is 5.32 Å². The Kier molecular flexibility index (Phi) is 5.65. The third kappa shape index (κ3) is 3.85. The molecule has 2 rings (SSSR count). The van der Waals surface area contributed by atoms with Crippen molar-refractivity contribution in [1.29, 1.82) is 0 Å². The molecule has 1 aromatic carbocycles. The van der Waals surface area contributed by atoms with Gasteiger partial charge in [-0.1, -0.05) is 63.8 Å². The largest absolute Gasteiger partial charge is 0.316 e. The first-order valence-electron chi connectivity index (χ1n) is 8.41. The fraction of sp³-hybridized carbons (Fsp3) is 0.684. The van der Waals surface area contributed by atoms with Crippen molar-refractivity contribution in [1.82, 2.24) is 5.32 Å². The summed E-state index contributed by atoms with van der Waals surface area (Å²) in [5.41, 5.74) is 3.44. The predicted octanol–water partition coefficient (Wildman–Crippen LogP) is 4.83. The van der Waals surface area contributed by atoms with Crippen molar-refractivity contribution in [3.05, 3.63) is 35.4 Å². The van der Waals surface area contributed by atoms with Crippen LogP contribution in [0.4, 0.5) is 0 Å². The normalized spacial score (nSPS) is 19.0. The molecule has 1 aliphatic rings. The highest BCUT2D eigenvalue weighted by Gasteiger charge is 2.33. The van der Waals surface area contributed by atoms with E-state index in [0.717, 1.165) is 19.0 Å². The minimum absolute atomic E-state index is 0.372. The van der Waals surface area contributed by atoms with Crippen molar-refractivity contribution in [3.63, 3.8) is 0 Å². The van der Waals surface area contributed by atoms with Crippen LogP contribution in [0.2, 0.25) is 0 Å². The number of hydrogen-bond donors (Lipinski definition) is 1. The number of benzene rings is 1. The first-order valence-corrected chi connectivity index (χ1v) is 8.41. The van der Waals surface area contributed by atoms with Gasteiger partial charge in [-0.3, -0.25) is 0 Å². The first kappa shape index (κ1) is 15.6. The van der Waals surface area contributed by atoms with Crippen LogP contribution >= 0.6 is 0 Å². The summed E-state index contributed by atoms with van der Waals surface area (Å²) < 4.78 is 0. The Labute approximate surface area is 125 Å². The number of aryl methyl sites for hydroxylation is 1. The minimum atomic E-state index is 0.372. The summed E-state index contributed by atoms with van der Waals surface area (Å²) in [6, 6.07) is 9.05. The van der Waals surface area contributed by atoms with Crippen molar-refractivity contribution in [3.8, 4) is 0 Å². The zero-order chi connectivity index (χ0) is 14.4. The second-order valence-electron chi connectivity index (χ2n) is 7.03. The van der Waals surface area contributed by atoms with Gasteiger partial charge < -0.3 is 5.32 Å². The second kappa shape index (κ2) is 7.26. The summed E-state index contributed by atoms with van der Waals surface area (Å²) in [5, 5.41) is 3.75. The molecule has 0 spiro atoms. The molecule has 1 heteroatoms. The Morgan fingerprint density at radius 3 is 2.30 bits per heavy atom. The molecule has 0 atom stereocenters. The summed E-state index contributed by atoms with van der Waals surface area (Å²) >= 11 is 0. The average Bonchev–Trinajstić information content (AvgIpc) is 2.65. The van der Waals surface area contributed by atoms with Gasteiger partial charge in [0.2, 0.25) is 0 Å². The van der Waals surface area contributed by atoms with Gasteiger partial charge in [-0.15, -0.1) is 0 Å². The SMILES string of the molecule is Cc1ccccc1C1(CNCC(C)C)CCCCCC1. The van der Waals surface area contributed by atoms with E-state index in [1.54, 1.807) is 5.56 Å². The number of rotatable bonds is 5. The van der Waals surface area contributed by atoms with Gasteiger partial charge in [-0.05, 0) is 43.4 Å². The van der Waals surface area contributed by atoms with Crippen LogP contribution in [0, 0.1) is 12.8 Å². The average molecular weight is 273 g/mol. The van der Waals surface area contributed by atoms with Crippen LogP contribution in [-0.4, -0.2) is 13.1 Å². The molecule has 0 saturated heterocycles. The monoisotopic (exact) mass is 273 g/mol. The fourth-order valence-corrected chi connectivity index (χ4v) is 3.71. The molecule has 1 N–H and O–H groups in total. The van der Waals surface area contributed by atoms with Gasteiger partial charge in [0.25, 0.3) is 0 Å². The predicted molar refractivity (Wildman–Crippen MR) is 88.3 cm³/mol. The maximum atomic E-state index is 3.75. The highest BCUT2D eigenvalue weighted by Crippen LogP contribution is 2.39. The molecule has 1 aliphatic carbocycles. The Morgan fingerprint density at radius 1 is 1.05 bits per heavy atom. The molecule has 0 heterocycles. The third-order valence-electron chi connectivity index (χ3n) is 4.79. The van der Waals surface area contributed by atoms with Gasteiger partial charge in [0.05, 0.1) is 0 Å². The number of nitrogens with one attached hydrogen (secondary N) is 1. The van der Waals surface area contributed by atoms with Crippen molar-refractivity contribution in [2.75, 3.05) is 13.1 Å². The van der Waals surface area contributed by atoms with Crippen LogP contribution in [0.15, 0.2) is 24.3 Å². The maximum Gasteiger partial charge on any atom is 0.00804 e.